The van der Waals surface area contributed by atoms with Crippen molar-refractivity contribution in [2.45, 2.75) is 6.61 Å². The Hall–Kier alpha value is -2.58. The van der Waals surface area contributed by atoms with Gasteiger partial charge in [0.15, 0.2) is 0 Å². The molecule has 4 nitrogen and oxygen atoms in total. The molecule has 0 fully saturated rings. The Balaban J connectivity index is 2.17. The molecular formula is C15H9ClFNO3. The van der Waals surface area contributed by atoms with E-state index in [0.29, 0.717) is 5.56 Å². The molecule has 1 N–H and O–H groups in total. The largest absolute Gasteiger partial charge is 0.487 e. The molecule has 2 aromatic rings. The first-order valence-corrected chi connectivity index (χ1v) is 6.23. The Bertz CT molecular complexity index is 740. The van der Waals surface area contributed by atoms with Gasteiger partial charge < -0.3 is 9.84 Å². The fourth-order valence-electron chi connectivity index (χ4n) is 1.69. The molecule has 0 aliphatic carbocycles. The van der Waals surface area contributed by atoms with Crippen molar-refractivity contribution in [2.75, 3.05) is 0 Å². The summed E-state index contributed by atoms with van der Waals surface area (Å²) in [4.78, 5) is 10.8. The summed E-state index contributed by atoms with van der Waals surface area (Å²) in [6.45, 7) is 0.0231. The van der Waals surface area contributed by atoms with Crippen LogP contribution >= 0.6 is 11.6 Å². The highest BCUT2D eigenvalue weighted by Gasteiger charge is 2.09. The molecule has 0 heterocycles. The number of aromatic carboxylic acids is 1. The van der Waals surface area contributed by atoms with E-state index >= 15 is 0 Å². The van der Waals surface area contributed by atoms with Crippen LogP contribution in [0.25, 0.3) is 0 Å². The molecule has 6 heteroatoms. The van der Waals surface area contributed by atoms with Crippen LogP contribution in [0.1, 0.15) is 21.5 Å². The number of halogens is 2. The zero-order chi connectivity index (χ0) is 15.4. The second-order valence-corrected chi connectivity index (χ2v) is 4.56. The van der Waals surface area contributed by atoms with E-state index in [2.05, 4.69) is 0 Å². The van der Waals surface area contributed by atoms with Gasteiger partial charge in [0.25, 0.3) is 0 Å². The number of carboxylic acids is 1. The maximum atomic E-state index is 13.0. The first-order chi connectivity index (χ1) is 10.0. The molecule has 0 radical (unpaired) electrons. The lowest BCUT2D eigenvalue weighted by Crippen LogP contribution is -2.01. The molecule has 0 amide bonds. The van der Waals surface area contributed by atoms with Crippen LogP contribution in [0.5, 0.6) is 5.75 Å². The lowest BCUT2D eigenvalue weighted by molar-refractivity contribution is 0.0697. The zero-order valence-corrected chi connectivity index (χ0v) is 11.4. The summed E-state index contributed by atoms with van der Waals surface area (Å²) < 4.78 is 18.5. The van der Waals surface area contributed by atoms with Crippen molar-refractivity contribution in [1.29, 1.82) is 5.26 Å². The molecule has 0 unspecified atom stereocenters. The summed E-state index contributed by atoms with van der Waals surface area (Å²) in [5, 5.41) is 17.9. The highest BCUT2D eigenvalue weighted by atomic mass is 35.5. The Labute approximate surface area is 125 Å². The molecule has 2 rings (SSSR count). The summed E-state index contributed by atoms with van der Waals surface area (Å²) >= 11 is 5.93. The standard InChI is InChI=1S/C15H9ClFNO3/c16-13-6-9(15(19)20)2-4-14(13)21-8-10-1-3-12(17)5-11(10)7-18/h1-6H,8H2,(H,19,20). The van der Waals surface area contributed by atoms with Crippen LogP contribution in [0.15, 0.2) is 36.4 Å². The van der Waals surface area contributed by atoms with Gasteiger partial charge in [-0.25, -0.2) is 9.18 Å². The SMILES string of the molecule is N#Cc1cc(F)ccc1COc1ccc(C(=O)O)cc1Cl. The Morgan fingerprint density at radius 3 is 2.71 bits per heavy atom. The van der Waals surface area contributed by atoms with Crippen molar-refractivity contribution in [2.24, 2.45) is 0 Å². The number of nitrogens with zero attached hydrogens (tertiary/aromatic N) is 1. The third kappa shape index (κ3) is 3.50. The molecule has 0 saturated heterocycles. The quantitative estimate of drug-likeness (QED) is 0.936. The summed E-state index contributed by atoms with van der Waals surface area (Å²) in [5.74, 6) is -1.30. The number of carboxylic acid groups (broad SMARTS) is 1. The van der Waals surface area contributed by atoms with E-state index in [0.717, 1.165) is 6.07 Å². The monoisotopic (exact) mass is 305 g/mol. The minimum Gasteiger partial charge on any atom is -0.487 e. The summed E-state index contributed by atoms with van der Waals surface area (Å²) in [7, 11) is 0. The van der Waals surface area contributed by atoms with Crippen LogP contribution in [0.3, 0.4) is 0 Å². The number of hydrogen-bond donors (Lipinski definition) is 1. The molecule has 0 atom stereocenters. The maximum absolute atomic E-state index is 13.0. The van der Waals surface area contributed by atoms with Crippen molar-refractivity contribution in [3.05, 3.63) is 63.9 Å². The normalized spacial score (nSPS) is 9.95. The fourth-order valence-corrected chi connectivity index (χ4v) is 1.92. The third-order valence-corrected chi connectivity index (χ3v) is 3.05. The van der Waals surface area contributed by atoms with Crippen molar-refractivity contribution in [3.63, 3.8) is 0 Å². The smallest absolute Gasteiger partial charge is 0.335 e. The lowest BCUT2D eigenvalue weighted by Gasteiger charge is -2.09. The second kappa shape index (κ2) is 6.25. The van der Waals surface area contributed by atoms with Gasteiger partial charge in [-0.2, -0.15) is 5.26 Å². The molecule has 2 aromatic carbocycles. The average Bonchev–Trinajstić information content (AvgIpc) is 2.46. The van der Waals surface area contributed by atoms with E-state index in [4.69, 9.17) is 26.7 Å². The van der Waals surface area contributed by atoms with Gasteiger partial charge in [-0.15, -0.1) is 0 Å². The third-order valence-electron chi connectivity index (χ3n) is 2.75. The van der Waals surface area contributed by atoms with Crippen LogP contribution in [0, 0.1) is 17.1 Å². The topological polar surface area (TPSA) is 70.3 Å². The highest BCUT2D eigenvalue weighted by molar-refractivity contribution is 6.32. The average molecular weight is 306 g/mol. The number of hydrogen-bond acceptors (Lipinski definition) is 3. The molecule has 0 spiro atoms. The van der Waals surface area contributed by atoms with Crippen molar-refractivity contribution in [1.82, 2.24) is 0 Å². The van der Waals surface area contributed by atoms with Gasteiger partial charge in [0, 0.05) is 5.56 Å². The van der Waals surface area contributed by atoms with Crippen molar-refractivity contribution < 1.29 is 19.0 Å². The predicted octanol–water partition coefficient (Wildman–Crippen LogP) is 3.63. The van der Waals surface area contributed by atoms with Gasteiger partial charge >= 0.3 is 5.97 Å². The van der Waals surface area contributed by atoms with Gasteiger partial charge in [-0.1, -0.05) is 17.7 Å². The van der Waals surface area contributed by atoms with E-state index in [1.807, 2.05) is 6.07 Å². The van der Waals surface area contributed by atoms with Crippen LogP contribution in [0.4, 0.5) is 4.39 Å². The van der Waals surface area contributed by atoms with E-state index in [9.17, 15) is 9.18 Å². The van der Waals surface area contributed by atoms with Crippen LogP contribution in [0.2, 0.25) is 5.02 Å². The van der Waals surface area contributed by atoms with E-state index in [-0.39, 0.29) is 28.5 Å². The number of rotatable bonds is 4. The van der Waals surface area contributed by atoms with Crippen LogP contribution in [-0.2, 0) is 6.61 Å². The van der Waals surface area contributed by atoms with E-state index in [1.165, 1.54) is 30.3 Å². The van der Waals surface area contributed by atoms with Gasteiger partial charge in [0.05, 0.1) is 22.2 Å². The molecular weight excluding hydrogens is 297 g/mol. The number of benzene rings is 2. The van der Waals surface area contributed by atoms with Crippen LogP contribution in [-0.4, -0.2) is 11.1 Å². The summed E-state index contributed by atoms with van der Waals surface area (Å²) in [5.41, 5.74) is 0.734. The number of ether oxygens (including phenoxy) is 1. The minimum absolute atomic E-state index is 0.0231. The molecule has 0 aliphatic rings. The minimum atomic E-state index is -1.09. The molecule has 0 saturated carbocycles. The molecule has 0 bridgehead atoms. The van der Waals surface area contributed by atoms with E-state index < -0.39 is 11.8 Å². The second-order valence-electron chi connectivity index (χ2n) is 4.15. The van der Waals surface area contributed by atoms with Crippen molar-refractivity contribution in [3.8, 4) is 11.8 Å². The van der Waals surface area contributed by atoms with Gasteiger partial charge in [0.1, 0.15) is 18.2 Å². The molecule has 21 heavy (non-hydrogen) atoms. The summed E-state index contributed by atoms with van der Waals surface area (Å²) in [6.07, 6.45) is 0. The number of carbonyl (C=O) groups is 1. The maximum Gasteiger partial charge on any atom is 0.335 e. The fraction of sp³-hybridized carbons (Fsp3) is 0.0667. The first kappa shape index (κ1) is 14.8. The van der Waals surface area contributed by atoms with Gasteiger partial charge in [-0.3, -0.25) is 0 Å². The Kier molecular flexibility index (Phi) is 4.41. The Morgan fingerprint density at radius 1 is 1.33 bits per heavy atom. The molecule has 0 aromatic heterocycles. The Morgan fingerprint density at radius 2 is 2.10 bits per heavy atom. The zero-order valence-electron chi connectivity index (χ0n) is 10.6. The van der Waals surface area contributed by atoms with E-state index in [1.54, 1.807) is 0 Å². The molecule has 106 valence electrons. The van der Waals surface area contributed by atoms with Crippen molar-refractivity contribution >= 4 is 17.6 Å². The predicted molar refractivity (Wildman–Crippen MR) is 73.9 cm³/mol. The van der Waals surface area contributed by atoms with Crippen LogP contribution < -0.4 is 4.74 Å². The lowest BCUT2D eigenvalue weighted by atomic mass is 10.1. The number of nitriles is 1. The van der Waals surface area contributed by atoms with Gasteiger partial charge in [0.2, 0.25) is 0 Å². The first-order valence-electron chi connectivity index (χ1n) is 5.85. The molecule has 0 aliphatic heterocycles. The highest BCUT2D eigenvalue weighted by Crippen LogP contribution is 2.26. The van der Waals surface area contributed by atoms with Gasteiger partial charge in [-0.05, 0) is 30.3 Å². The summed E-state index contributed by atoms with van der Waals surface area (Å²) in [6, 6.07) is 9.75.